The molecule has 1 aromatic heterocycles. The van der Waals surface area contributed by atoms with Gasteiger partial charge in [-0.25, -0.2) is 0 Å². The summed E-state index contributed by atoms with van der Waals surface area (Å²) in [5, 5.41) is 1.40. The number of hydrogen-bond acceptors (Lipinski definition) is 3. The van der Waals surface area contributed by atoms with Crippen LogP contribution < -0.4 is 4.74 Å². The van der Waals surface area contributed by atoms with Gasteiger partial charge in [-0.05, 0) is 25.3 Å². The van der Waals surface area contributed by atoms with E-state index in [-0.39, 0.29) is 11.9 Å². The number of hydrogen-bond donors (Lipinski definition) is 0. The molecular formula is C9H9F3O2S. The molecule has 1 aromatic rings. The minimum Gasteiger partial charge on any atom is -0.489 e. The molecule has 0 unspecified atom stereocenters. The molecule has 84 valence electrons. The standard InChI is InChI=1S/C9H9F3O2S/c1-5(2)14-6-3-4-15-7(6)8(13)9(10,11)12/h3-5H,1-2H3. The largest absolute Gasteiger partial charge is 0.489 e. The van der Waals surface area contributed by atoms with Crippen molar-refractivity contribution in [3.8, 4) is 5.75 Å². The summed E-state index contributed by atoms with van der Waals surface area (Å²) in [6.07, 6.45) is -5.11. The first-order valence-corrected chi connectivity index (χ1v) is 5.06. The summed E-state index contributed by atoms with van der Waals surface area (Å²) in [4.78, 5) is 10.5. The molecule has 0 saturated carbocycles. The molecule has 0 N–H and O–H groups in total. The van der Waals surface area contributed by atoms with E-state index in [0.717, 1.165) is 11.3 Å². The Hall–Kier alpha value is -1.04. The first-order chi connectivity index (χ1) is 6.82. The van der Waals surface area contributed by atoms with Crippen molar-refractivity contribution in [1.29, 1.82) is 0 Å². The molecule has 1 rings (SSSR count). The van der Waals surface area contributed by atoms with Gasteiger partial charge in [-0.15, -0.1) is 11.3 Å². The zero-order valence-electron chi connectivity index (χ0n) is 8.09. The zero-order valence-corrected chi connectivity index (χ0v) is 8.91. The van der Waals surface area contributed by atoms with E-state index in [0.29, 0.717) is 0 Å². The van der Waals surface area contributed by atoms with Crippen molar-refractivity contribution in [2.45, 2.75) is 26.1 Å². The quantitative estimate of drug-likeness (QED) is 0.755. The highest BCUT2D eigenvalue weighted by Gasteiger charge is 2.41. The number of alkyl halides is 3. The lowest BCUT2D eigenvalue weighted by Gasteiger charge is -2.10. The van der Waals surface area contributed by atoms with Crippen LogP contribution in [0.15, 0.2) is 11.4 Å². The summed E-state index contributed by atoms with van der Waals surface area (Å²) in [5.74, 6) is -1.86. The fourth-order valence-electron chi connectivity index (χ4n) is 0.939. The fraction of sp³-hybridized carbons (Fsp3) is 0.444. The van der Waals surface area contributed by atoms with Gasteiger partial charge in [0.15, 0.2) is 0 Å². The van der Waals surface area contributed by atoms with Crippen molar-refractivity contribution >= 4 is 17.1 Å². The number of ether oxygens (including phenoxy) is 1. The van der Waals surface area contributed by atoms with E-state index in [9.17, 15) is 18.0 Å². The maximum Gasteiger partial charge on any atom is 0.455 e. The summed E-state index contributed by atoms with van der Waals surface area (Å²) < 4.78 is 41.5. The van der Waals surface area contributed by atoms with Crippen LogP contribution in [0.4, 0.5) is 13.2 Å². The number of carbonyl (C=O) groups excluding carboxylic acids is 1. The second-order valence-corrected chi connectivity index (χ2v) is 4.02. The molecule has 1 heterocycles. The molecule has 0 bridgehead atoms. The minimum absolute atomic E-state index is 0.00248. The minimum atomic E-state index is -4.85. The number of rotatable bonds is 3. The lowest BCUT2D eigenvalue weighted by Crippen LogP contribution is -2.22. The van der Waals surface area contributed by atoms with Crippen LogP contribution >= 0.6 is 11.3 Å². The Balaban J connectivity index is 2.95. The van der Waals surface area contributed by atoms with E-state index < -0.39 is 16.8 Å². The van der Waals surface area contributed by atoms with Gasteiger partial charge in [0.05, 0.1) is 6.10 Å². The molecule has 2 nitrogen and oxygen atoms in total. The van der Waals surface area contributed by atoms with Gasteiger partial charge < -0.3 is 4.74 Å². The number of carbonyl (C=O) groups is 1. The summed E-state index contributed by atoms with van der Waals surface area (Å²) in [5.41, 5.74) is 0. The molecule has 0 amide bonds. The molecule has 0 atom stereocenters. The molecule has 15 heavy (non-hydrogen) atoms. The third kappa shape index (κ3) is 2.95. The van der Waals surface area contributed by atoms with Crippen molar-refractivity contribution in [1.82, 2.24) is 0 Å². The fourth-order valence-corrected chi connectivity index (χ4v) is 1.72. The van der Waals surface area contributed by atoms with Gasteiger partial charge >= 0.3 is 6.18 Å². The Kier molecular flexibility index (Phi) is 3.38. The van der Waals surface area contributed by atoms with Gasteiger partial charge in [0.25, 0.3) is 5.78 Å². The Morgan fingerprint density at radius 1 is 1.47 bits per heavy atom. The SMILES string of the molecule is CC(C)Oc1ccsc1C(=O)C(F)(F)F. The Bertz CT molecular complexity index is 354. The normalized spacial score (nSPS) is 11.9. The molecule has 0 spiro atoms. The van der Waals surface area contributed by atoms with E-state index in [1.807, 2.05) is 0 Å². The highest BCUT2D eigenvalue weighted by atomic mass is 32.1. The molecule has 0 radical (unpaired) electrons. The summed E-state index contributed by atoms with van der Waals surface area (Å²) in [6, 6.07) is 1.36. The second kappa shape index (κ2) is 4.22. The number of halogens is 3. The van der Waals surface area contributed by atoms with Crippen molar-refractivity contribution in [2.75, 3.05) is 0 Å². The van der Waals surface area contributed by atoms with Crippen LogP contribution in [-0.2, 0) is 0 Å². The predicted molar refractivity (Wildman–Crippen MR) is 50.5 cm³/mol. The average molecular weight is 238 g/mol. The maximum absolute atomic E-state index is 12.1. The third-order valence-electron chi connectivity index (χ3n) is 1.46. The molecule has 0 fully saturated rings. The predicted octanol–water partition coefficient (Wildman–Crippen LogP) is 3.28. The van der Waals surface area contributed by atoms with E-state index in [2.05, 4.69) is 0 Å². The lowest BCUT2D eigenvalue weighted by molar-refractivity contribution is -0.0884. The zero-order chi connectivity index (χ0) is 11.6. The average Bonchev–Trinajstić information content (AvgIpc) is 2.48. The van der Waals surface area contributed by atoms with Gasteiger partial charge in [0.1, 0.15) is 10.6 Å². The second-order valence-electron chi connectivity index (χ2n) is 3.11. The molecular weight excluding hydrogens is 229 g/mol. The Labute approximate surface area is 88.7 Å². The van der Waals surface area contributed by atoms with Gasteiger partial charge in [0.2, 0.25) is 0 Å². The van der Waals surface area contributed by atoms with E-state index in [1.165, 1.54) is 11.4 Å². The first kappa shape index (κ1) is 12.0. The van der Waals surface area contributed by atoms with Crippen LogP contribution in [0, 0.1) is 0 Å². The molecule has 0 saturated heterocycles. The topological polar surface area (TPSA) is 26.3 Å². The monoisotopic (exact) mass is 238 g/mol. The van der Waals surface area contributed by atoms with Crippen LogP contribution in [-0.4, -0.2) is 18.1 Å². The van der Waals surface area contributed by atoms with E-state index in [1.54, 1.807) is 13.8 Å². The van der Waals surface area contributed by atoms with Crippen LogP contribution in [0.3, 0.4) is 0 Å². The molecule has 6 heteroatoms. The Morgan fingerprint density at radius 3 is 2.53 bits per heavy atom. The van der Waals surface area contributed by atoms with Gasteiger partial charge in [0, 0.05) is 0 Å². The summed E-state index contributed by atoms with van der Waals surface area (Å²) in [6.45, 7) is 3.36. The molecule has 0 aliphatic carbocycles. The molecule has 0 aliphatic rings. The van der Waals surface area contributed by atoms with Crippen molar-refractivity contribution in [3.05, 3.63) is 16.3 Å². The van der Waals surface area contributed by atoms with E-state index in [4.69, 9.17) is 4.74 Å². The summed E-state index contributed by atoms with van der Waals surface area (Å²) >= 11 is 0.732. The number of ketones is 1. The van der Waals surface area contributed by atoms with Crippen LogP contribution in [0.25, 0.3) is 0 Å². The Morgan fingerprint density at radius 2 is 2.07 bits per heavy atom. The molecule has 0 aromatic carbocycles. The molecule has 0 aliphatic heterocycles. The first-order valence-electron chi connectivity index (χ1n) is 4.18. The van der Waals surface area contributed by atoms with Gasteiger partial charge in [-0.1, -0.05) is 0 Å². The highest BCUT2D eigenvalue weighted by Crippen LogP contribution is 2.32. The maximum atomic E-state index is 12.1. The van der Waals surface area contributed by atoms with E-state index >= 15 is 0 Å². The van der Waals surface area contributed by atoms with Crippen molar-refractivity contribution in [3.63, 3.8) is 0 Å². The van der Waals surface area contributed by atoms with Gasteiger partial charge in [-0.3, -0.25) is 4.79 Å². The number of Topliss-reactive ketones (excluding diaryl/α,β-unsaturated/α-hetero) is 1. The van der Waals surface area contributed by atoms with Crippen LogP contribution in [0.1, 0.15) is 23.5 Å². The van der Waals surface area contributed by atoms with Crippen molar-refractivity contribution in [2.24, 2.45) is 0 Å². The van der Waals surface area contributed by atoms with Crippen LogP contribution in [0.2, 0.25) is 0 Å². The number of thiophene rings is 1. The third-order valence-corrected chi connectivity index (χ3v) is 2.35. The summed E-state index contributed by atoms with van der Waals surface area (Å²) in [7, 11) is 0. The lowest BCUT2D eigenvalue weighted by atomic mass is 10.3. The smallest absolute Gasteiger partial charge is 0.455 e. The van der Waals surface area contributed by atoms with Crippen molar-refractivity contribution < 1.29 is 22.7 Å². The van der Waals surface area contributed by atoms with Crippen LogP contribution in [0.5, 0.6) is 5.75 Å². The van der Waals surface area contributed by atoms with Gasteiger partial charge in [-0.2, -0.15) is 13.2 Å². The highest BCUT2D eigenvalue weighted by molar-refractivity contribution is 7.12.